The van der Waals surface area contributed by atoms with Gasteiger partial charge in [-0.3, -0.25) is 0 Å². The highest BCUT2D eigenvalue weighted by molar-refractivity contribution is 7.89. The van der Waals surface area contributed by atoms with Crippen molar-refractivity contribution in [2.75, 3.05) is 42.1 Å². The first kappa shape index (κ1) is 18.6. The van der Waals surface area contributed by atoms with Crippen molar-refractivity contribution in [3.8, 4) is 0 Å². The molecule has 0 saturated carbocycles. The Bertz CT molecular complexity index is 788. The maximum atomic E-state index is 12.1. The van der Waals surface area contributed by atoms with Crippen LogP contribution in [0.1, 0.15) is 18.9 Å². The molecule has 1 N–H and O–H groups in total. The summed E-state index contributed by atoms with van der Waals surface area (Å²) in [7, 11) is -3.12. The monoisotopic (exact) mass is 375 g/mol. The van der Waals surface area contributed by atoms with Gasteiger partial charge in [0.25, 0.3) is 0 Å². The Hall–Kier alpha value is -2.19. The minimum absolute atomic E-state index is 0.217. The van der Waals surface area contributed by atoms with Crippen LogP contribution in [-0.4, -0.2) is 54.9 Å². The smallest absolute Gasteiger partial charge is 0.214 e. The second-order valence-corrected chi connectivity index (χ2v) is 8.41. The Balaban J connectivity index is 1.53. The molecule has 0 aliphatic carbocycles. The van der Waals surface area contributed by atoms with E-state index in [0.717, 1.165) is 11.6 Å². The van der Waals surface area contributed by atoms with Crippen molar-refractivity contribution in [3.63, 3.8) is 0 Å². The summed E-state index contributed by atoms with van der Waals surface area (Å²) < 4.78 is 25.8. The number of rotatable bonds is 7. The van der Waals surface area contributed by atoms with Crippen molar-refractivity contribution in [1.82, 2.24) is 14.5 Å². The van der Waals surface area contributed by atoms with Gasteiger partial charge in [-0.05, 0) is 24.1 Å². The maximum Gasteiger partial charge on any atom is 0.214 e. The van der Waals surface area contributed by atoms with E-state index in [2.05, 4.69) is 32.5 Å². The molecule has 1 aromatic heterocycles. The summed E-state index contributed by atoms with van der Waals surface area (Å²) in [6.45, 7) is 4.85. The van der Waals surface area contributed by atoms with Crippen LogP contribution in [0.4, 0.5) is 11.6 Å². The van der Waals surface area contributed by atoms with E-state index in [0.29, 0.717) is 39.1 Å². The second-order valence-electron chi connectivity index (χ2n) is 6.32. The molecule has 0 atom stereocenters. The molecule has 0 amide bonds. The molecule has 8 heteroatoms. The highest BCUT2D eigenvalue weighted by Gasteiger charge is 2.26. The van der Waals surface area contributed by atoms with Crippen LogP contribution >= 0.6 is 0 Å². The average Bonchev–Trinajstić information content (AvgIpc) is 2.68. The Kier molecular flexibility index (Phi) is 6.05. The van der Waals surface area contributed by atoms with Gasteiger partial charge in [-0.1, -0.05) is 37.3 Å². The molecule has 2 aromatic rings. The van der Waals surface area contributed by atoms with E-state index in [1.165, 1.54) is 5.56 Å². The third kappa shape index (κ3) is 4.70. The number of hydrogen-bond acceptors (Lipinski definition) is 6. The van der Waals surface area contributed by atoms with E-state index < -0.39 is 10.0 Å². The van der Waals surface area contributed by atoms with Gasteiger partial charge in [0.15, 0.2) is 5.82 Å². The molecule has 1 aromatic carbocycles. The van der Waals surface area contributed by atoms with E-state index in [1.807, 2.05) is 37.3 Å². The molecule has 0 radical (unpaired) electrons. The third-order valence-corrected chi connectivity index (χ3v) is 6.46. The quantitative estimate of drug-likeness (QED) is 0.797. The molecule has 0 bridgehead atoms. The van der Waals surface area contributed by atoms with Gasteiger partial charge in [0.2, 0.25) is 10.0 Å². The fraction of sp³-hybridized carbons (Fsp3) is 0.444. The summed E-state index contributed by atoms with van der Waals surface area (Å²) in [5.41, 5.74) is 1.18. The van der Waals surface area contributed by atoms with Gasteiger partial charge in [0, 0.05) is 32.7 Å². The average molecular weight is 375 g/mol. The van der Waals surface area contributed by atoms with Crippen LogP contribution in [0.15, 0.2) is 42.5 Å². The first-order valence-corrected chi connectivity index (χ1v) is 10.5. The van der Waals surface area contributed by atoms with E-state index >= 15 is 0 Å². The zero-order valence-corrected chi connectivity index (χ0v) is 15.8. The standard InChI is InChI=1S/C18H25N5O2S/c1-2-14-26(24,25)23-12-10-22(11-13-23)18-9-8-17(20-21-18)19-15-16-6-4-3-5-7-16/h3-9H,2,10-15H2,1H3,(H,19,20). The van der Waals surface area contributed by atoms with Gasteiger partial charge < -0.3 is 10.2 Å². The van der Waals surface area contributed by atoms with Crippen molar-refractivity contribution in [3.05, 3.63) is 48.0 Å². The van der Waals surface area contributed by atoms with Gasteiger partial charge >= 0.3 is 0 Å². The van der Waals surface area contributed by atoms with Crippen molar-refractivity contribution in [2.24, 2.45) is 0 Å². The number of piperazine rings is 1. The number of nitrogens with zero attached hydrogens (tertiary/aromatic N) is 4. The summed E-state index contributed by atoms with van der Waals surface area (Å²) in [5.74, 6) is 1.72. The molecule has 1 fully saturated rings. The Morgan fingerprint density at radius 1 is 1.00 bits per heavy atom. The van der Waals surface area contributed by atoms with E-state index in [9.17, 15) is 8.42 Å². The molecule has 2 heterocycles. The topological polar surface area (TPSA) is 78.4 Å². The fourth-order valence-corrected chi connectivity index (χ4v) is 4.45. The molecule has 0 unspecified atom stereocenters. The van der Waals surface area contributed by atoms with Crippen molar-refractivity contribution in [2.45, 2.75) is 19.9 Å². The number of sulfonamides is 1. The van der Waals surface area contributed by atoms with Crippen LogP contribution in [0.3, 0.4) is 0 Å². The predicted molar refractivity (Wildman–Crippen MR) is 104 cm³/mol. The van der Waals surface area contributed by atoms with Crippen LogP contribution in [-0.2, 0) is 16.6 Å². The summed E-state index contributed by atoms with van der Waals surface area (Å²) in [5, 5.41) is 11.8. The molecular formula is C18H25N5O2S. The molecule has 1 aliphatic rings. The van der Waals surface area contributed by atoms with Crippen LogP contribution in [0.5, 0.6) is 0 Å². The number of aromatic nitrogens is 2. The maximum absolute atomic E-state index is 12.1. The lowest BCUT2D eigenvalue weighted by Gasteiger charge is -2.34. The third-order valence-electron chi connectivity index (χ3n) is 4.39. The Labute approximate surface area is 155 Å². The molecule has 7 nitrogen and oxygen atoms in total. The van der Waals surface area contributed by atoms with Crippen LogP contribution < -0.4 is 10.2 Å². The molecule has 140 valence electrons. The van der Waals surface area contributed by atoms with Crippen molar-refractivity contribution in [1.29, 1.82) is 0 Å². The molecule has 3 rings (SSSR count). The highest BCUT2D eigenvalue weighted by atomic mass is 32.2. The summed E-state index contributed by atoms with van der Waals surface area (Å²) in [4.78, 5) is 2.08. The minimum atomic E-state index is -3.12. The van der Waals surface area contributed by atoms with Crippen molar-refractivity contribution < 1.29 is 8.42 Å². The number of nitrogens with one attached hydrogen (secondary N) is 1. The SMILES string of the molecule is CCCS(=O)(=O)N1CCN(c2ccc(NCc3ccccc3)nn2)CC1. The van der Waals surface area contributed by atoms with Crippen LogP contribution in [0, 0.1) is 0 Å². The van der Waals surface area contributed by atoms with E-state index in [-0.39, 0.29) is 5.75 Å². The number of hydrogen-bond donors (Lipinski definition) is 1. The van der Waals surface area contributed by atoms with Gasteiger partial charge in [-0.2, -0.15) is 4.31 Å². The number of anilines is 2. The van der Waals surface area contributed by atoms with E-state index in [4.69, 9.17) is 0 Å². The first-order chi connectivity index (χ1) is 12.6. The summed E-state index contributed by atoms with van der Waals surface area (Å²) >= 11 is 0. The molecule has 26 heavy (non-hydrogen) atoms. The zero-order chi connectivity index (χ0) is 18.4. The Morgan fingerprint density at radius 3 is 2.35 bits per heavy atom. The zero-order valence-electron chi connectivity index (χ0n) is 15.0. The van der Waals surface area contributed by atoms with Gasteiger partial charge in [-0.15, -0.1) is 10.2 Å². The van der Waals surface area contributed by atoms with Crippen LogP contribution in [0.25, 0.3) is 0 Å². The lowest BCUT2D eigenvalue weighted by atomic mass is 10.2. The first-order valence-electron chi connectivity index (χ1n) is 8.93. The van der Waals surface area contributed by atoms with Gasteiger partial charge in [0.05, 0.1) is 5.75 Å². The predicted octanol–water partition coefficient (Wildman–Crippen LogP) is 1.95. The molecular weight excluding hydrogens is 350 g/mol. The normalized spacial score (nSPS) is 15.8. The fourth-order valence-electron chi connectivity index (χ4n) is 2.96. The largest absolute Gasteiger partial charge is 0.365 e. The van der Waals surface area contributed by atoms with E-state index in [1.54, 1.807) is 4.31 Å². The van der Waals surface area contributed by atoms with Crippen LogP contribution in [0.2, 0.25) is 0 Å². The van der Waals surface area contributed by atoms with Gasteiger partial charge in [-0.25, -0.2) is 8.42 Å². The second kappa shape index (κ2) is 8.46. The lowest BCUT2D eigenvalue weighted by Crippen LogP contribution is -2.49. The summed E-state index contributed by atoms with van der Waals surface area (Å²) in [6.07, 6.45) is 0.644. The molecule has 0 spiro atoms. The van der Waals surface area contributed by atoms with Gasteiger partial charge in [0.1, 0.15) is 5.82 Å². The number of benzene rings is 1. The molecule has 1 saturated heterocycles. The Morgan fingerprint density at radius 2 is 1.73 bits per heavy atom. The minimum Gasteiger partial charge on any atom is -0.365 e. The summed E-state index contributed by atoms with van der Waals surface area (Å²) in [6, 6.07) is 14.0. The van der Waals surface area contributed by atoms with Crippen molar-refractivity contribution >= 4 is 21.7 Å². The lowest BCUT2D eigenvalue weighted by molar-refractivity contribution is 0.383. The molecule has 1 aliphatic heterocycles. The highest BCUT2D eigenvalue weighted by Crippen LogP contribution is 2.16.